The van der Waals surface area contributed by atoms with E-state index in [1.165, 1.54) is 11.1 Å². The van der Waals surface area contributed by atoms with Crippen molar-refractivity contribution in [1.29, 1.82) is 0 Å². The maximum Gasteiger partial charge on any atom is 0.263 e. The monoisotopic (exact) mass is 419 g/mol. The molecule has 4 heterocycles. The number of nitrogens with one attached hydrogen (secondary N) is 3. The Morgan fingerprint density at radius 3 is 2.97 bits per heavy atom. The number of rotatable bonds is 5. The molecule has 0 aliphatic carbocycles. The molecule has 0 unspecified atom stereocenters. The average molecular weight is 420 g/mol. The fourth-order valence-electron chi connectivity index (χ4n) is 5.00. The Bertz CT molecular complexity index is 1210. The second kappa shape index (κ2) is 7.96. The zero-order valence-electron chi connectivity index (χ0n) is 18.1. The lowest BCUT2D eigenvalue weighted by atomic mass is 9.84. The van der Waals surface area contributed by atoms with Crippen molar-refractivity contribution in [3.8, 4) is 0 Å². The number of carbonyl (C=O) groups is 1. The van der Waals surface area contributed by atoms with Crippen molar-refractivity contribution >= 4 is 16.9 Å². The number of imidazole rings is 1. The molecule has 3 N–H and O–H groups in total. The molecule has 7 heteroatoms. The number of carbonyl (C=O) groups excluding carboxylic acids is 1. The maximum atomic E-state index is 13.0. The number of aryl methyl sites for hydroxylation is 3. The summed E-state index contributed by atoms with van der Waals surface area (Å²) < 4.78 is 1.83. The third kappa shape index (κ3) is 3.67. The topological polar surface area (TPSA) is 91.8 Å². The summed E-state index contributed by atoms with van der Waals surface area (Å²) in [6.07, 6.45) is 2.62. The van der Waals surface area contributed by atoms with E-state index in [1.807, 2.05) is 10.6 Å². The first-order valence-corrected chi connectivity index (χ1v) is 11.2. The number of hydrogen-bond acceptors (Lipinski definition) is 4. The molecule has 0 spiro atoms. The predicted octanol–water partition coefficient (Wildman–Crippen LogP) is 2.41. The van der Waals surface area contributed by atoms with E-state index < -0.39 is 0 Å². The lowest BCUT2D eigenvalue weighted by molar-refractivity contribution is 0.0950. The van der Waals surface area contributed by atoms with Crippen LogP contribution in [0.25, 0.3) is 11.0 Å². The first-order chi connectivity index (χ1) is 15.0. The zero-order valence-corrected chi connectivity index (χ0v) is 18.1. The Balaban J connectivity index is 1.22. The van der Waals surface area contributed by atoms with E-state index in [0.29, 0.717) is 24.9 Å². The number of benzene rings is 1. The number of H-pyrrole nitrogens is 1. The van der Waals surface area contributed by atoms with Gasteiger partial charge in [-0.2, -0.15) is 0 Å². The lowest BCUT2D eigenvalue weighted by Crippen LogP contribution is -2.46. The van der Waals surface area contributed by atoms with Crippen LogP contribution in [0.5, 0.6) is 0 Å². The van der Waals surface area contributed by atoms with Gasteiger partial charge in [0.2, 0.25) is 0 Å². The van der Waals surface area contributed by atoms with Gasteiger partial charge in [-0.05, 0) is 68.5 Å². The Kier molecular flexibility index (Phi) is 5.14. The van der Waals surface area contributed by atoms with E-state index >= 15 is 0 Å². The van der Waals surface area contributed by atoms with Gasteiger partial charge in [-0.15, -0.1) is 0 Å². The molecule has 3 aromatic rings. The highest BCUT2D eigenvalue weighted by Gasteiger charge is 2.31. The average Bonchev–Trinajstić information content (AvgIpc) is 3.19. The number of piperidine rings is 1. The van der Waals surface area contributed by atoms with E-state index in [-0.39, 0.29) is 17.0 Å². The van der Waals surface area contributed by atoms with Gasteiger partial charge in [-0.3, -0.25) is 9.59 Å². The summed E-state index contributed by atoms with van der Waals surface area (Å²) in [6, 6.07) is 7.82. The third-order valence-corrected chi connectivity index (χ3v) is 6.86. The molecule has 2 aromatic heterocycles. The van der Waals surface area contributed by atoms with E-state index in [1.54, 1.807) is 6.07 Å². The first-order valence-electron chi connectivity index (χ1n) is 11.2. The Hall–Kier alpha value is -2.93. The SMILES string of the molecule is Cc1ccc2[nH]c(CCCNC(=O)c3ccc4n(c3=O)C[C@@H]3CNC[C@H]4C3)nc2c1C. The van der Waals surface area contributed by atoms with Crippen molar-refractivity contribution in [2.45, 2.75) is 45.6 Å². The molecule has 1 fully saturated rings. The number of aromatic amines is 1. The molecule has 7 nitrogen and oxygen atoms in total. The van der Waals surface area contributed by atoms with E-state index in [2.05, 4.69) is 41.6 Å². The molecule has 31 heavy (non-hydrogen) atoms. The van der Waals surface area contributed by atoms with Gasteiger partial charge >= 0.3 is 0 Å². The molecular weight excluding hydrogens is 390 g/mol. The van der Waals surface area contributed by atoms with Crippen LogP contribution in [0.15, 0.2) is 29.1 Å². The molecule has 2 aliphatic heterocycles. The lowest BCUT2D eigenvalue weighted by Gasteiger charge is -2.37. The highest BCUT2D eigenvalue weighted by molar-refractivity contribution is 5.93. The molecule has 0 radical (unpaired) electrons. The van der Waals surface area contributed by atoms with Crippen LogP contribution in [0.1, 0.15) is 51.8 Å². The summed E-state index contributed by atoms with van der Waals surface area (Å²) in [5.74, 6) is 1.48. The molecule has 2 bridgehead atoms. The van der Waals surface area contributed by atoms with Crippen molar-refractivity contribution in [3.63, 3.8) is 0 Å². The van der Waals surface area contributed by atoms with Gasteiger partial charge in [0, 0.05) is 37.7 Å². The zero-order chi connectivity index (χ0) is 21.5. The predicted molar refractivity (Wildman–Crippen MR) is 121 cm³/mol. The Morgan fingerprint density at radius 1 is 1.23 bits per heavy atom. The minimum atomic E-state index is -0.287. The Labute approximate surface area is 181 Å². The van der Waals surface area contributed by atoms with Gasteiger partial charge in [-0.1, -0.05) is 6.07 Å². The summed E-state index contributed by atoms with van der Waals surface area (Å²) in [5, 5.41) is 6.36. The van der Waals surface area contributed by atoms with Crippen LogP contribution in [0.4, 0.5) is 0 Å². The molecule has 1 aromatic carbocycles. The highest BCUT2D eigenvalue weighted by atomic mass is 16.2. The number of hydrogen-bond donors (Lipinski definition) is 3. The summed E-state index contributed by atoms with van der Waals surface area (Å²) in [4.78, 5) is 33.7. The summed E-state index contributed by atoms with van der Waals surface area (Å²) in [6.45, 7) is 7.23. The Morgan fingerprint density at radius 2 is 2.10 bits per heavy atom. The molecule has 1 saturated heterocycles. The molecule has 2 atom stereocenters. The van der Waals surface area contributed by atoms with Crippen LogP contribution in [0, 0.1) is 19.8 Å². The van der Waals surface area contributed by atoms with Crippen molar-refractivity contribution in [2.75, 3.05) is 19.6 Å². The van der Waals surface area contributed by atoms with Crippen molar-refractivity contribution in [3.05, 3.63) is 62.8 Å². The van der Waals surface area contributed by atoms with Crippen LogP contribution >= 0.6 is 0 Å². The van der Waals surface area contributed by atoms with E-state index in [9.17, 15) is 9.59 Å². The number of aromatic nitrogens is 3. The second-order valence-corrected chi connectivity index (χ2v) is 8.99. The largest absolute Gasteiger partial charge is 0.352 e. The molecule has 162 valence electrons. The van der Waals surface area contributed by atoms with Gasteiger partial charge in [-0.25, -0.2) is 4.98 Å². The summed E-state index contributed by atoms with van der Waals surface area (Å²) >= 11 is 0. The number of pyridine rings is 1. The van der Waals surface area contributed by atoms with Crippen LogP contribution in [-0.2, 0) is 13.0 Å². The molecule has 2 aliphatic rings. The van der Waals surface area contributed by atoms with E-state index in [4.69, 9.17) is 4.98 Å². The molecule has 5 rings (SSSR count). The van der Waals surface area contributed by atoms with Crippen LogP contribution in [0.3, 0.4) is 0 Å². The minimum absolute atomic E-state index is 0.158. The van der Waals surface area contributed by atoms with Gasteiger partial charge in [0.05, 0.1) is 11.0 Å². The van der Waals surface area contributed by atoms with Crippen LogP contribution in [0.2, 0.25) is 0 Å². The minimum Gasteiger partial charge on any atom is -0.352 e. The highest BCUT2D eigenvalue weighted by Crippen LogP contribution is 2.31. The van der Waals surface area contributed by atoms with Gasteiger partial charge in [0.25, 0.3) is 11.5 Å². The second-order valence-electron chi connectivity index (χ2n) is 8.99. The van der Waals surface area contributed by atoms with Crippen LogP contribution in [-0.4, -0.2) is 40.1 Å². The normalized spacial score (nSPS) is 19.9. The quantitative estimate of drug-likeness (QED) is 0.554. The van der Waals surface area contributed by atoms with Crippen molar-refractivity contribution < 1.29 is 4.79 Å². The summed E-state index contributed by atoms with van der Waals surface area (Å²) in [7, 11) is 0. The van der Waals surface area contributed by atoms with Crippen molar-refractivity contribution in [2.24, 2.45) is 5.92 Å². The first kappa shape index (κ1) is 20.0. The van der Waals surface area contributed by atoms with E-state index in [0.717, 1.165) is 54.9 Å². The number of nitrogens with zero attached hydrogens (tertiary/aromatic N) is 2. The third-order valence-electron chi connectivity index (χ3n) is 6.86. The number of amides is 1. The summed E-state index contributed by atoms with van der Waals surface area (Å²) in [5.41, 5.74) is 5.63. The van der Waals surface area contributed by atoms with Gasteiger partial charge < -0.3 is 20.2 Å². The maximum absolute atomic E-state index is 13.0. The standard InChI is InChI=1S/C24H29N5O2/c1-14-5-7-19-22(15(14)2)28-21(27-19)4-3-9-26-23(30)18-6-8-20-17-10-16(11-25-12-17)13-29(20)24(18)31/h5-8,16-17,25H,3-4,9-13H2,1-2H3,(H,26,30)(H,27,28)/t16-,17+/m0/s1. The molecule has 1 amide bonds. The molecular formula is C24H29N5O2. The van der Waals surface area contributed by atoms with Gasteiger partial charge in [0.1, 0.15) is 11.4 Å². The smallest absolute Gasteiger partial charge is 0.263 e. The number of fused-ring (bicyclic) bond motifs is 5. The van der Waals surface area contributed by atoms with Crippen molar-refractivity contribution in [1.82, 2.24) is 25.2 Å². The fraction of sp³-hybridized carbons (Fsp3) is 0.458. The fourth-order valence-corrected chi connectivity index (χ4v) is 5.00. The van der Waals surface area contributed by atoms with Crippen LogP contribution < -0.4 is 16.2 Å². The molecule has 0 saturated carbocycles. The van der Waals surface area contributed by atoms with Gasteiger partial charge in [0.15, 0.2) is 0 Å².